The first-order valence-electron chi connectivity index (χ1n) is 5.59. The van der Waals surface area contributed by atoms with Gasteiger partial charge in [0, 0.05) is 11.7 Å². The fourth-order valence-corrected chi connectivity index (χ4v) is 2.29. The van der Waals surface area contributed by atoms with Crippen LogP contribution in [0.2, 0.25) is 0 Å². The van der Waals surface area contributed by atoms with Crippen molar-refractivity contribution in [3.8, 4) is 0 Å². The minimum absolute atomic E-state index is 0.691. The first-order chi connectivity index (χ1) is 6.77. The van der Waals surface area contributed by atoms with Crippen molar-refractivity contribution in [2.75, 3.05) is 5.32 Å². The van der Waals surface area contributed by atoms with Crippen LogP contribution in [0.15, 0.2) is 24.3 Å². The number of rotatable bonds is 2. The van der Waals surface area contributed by atoms with Gasteiger partial charge in [-0.15, -0.1) is 0 Å². The minimum atomic E-state index is 0.691. The fourth-order valence-electron chi connectivity index (χ4n) is 2.29. The topological polar surface area (TPSA) is 12.0 Å². The lowest BCUT2D eigenvalue weighted by molar-refractivity contribution is 0.556. The zero-order valence-electron chi connectivity index (χ0n) is 9.09. The molecule has 2 rings (SSSR count). The van der Waals surface area contributed by atoms with E-state index in [0.29, 0.717) is 6.04 Å². The highest BCUT2D eigenvalue weighted by molar-refractivity contribution is 5.51. The van der Waals surface area contributed by atoms with Crippen LogP contribution in [0, 0.1) is 12.8 Å². The van der Waals surface area contributed by atoms with Gasteiger partial charge < -0.3 is 5.32 Å². The van der Waals surface area contributed by atoms with E-state index in [0.717, 1.165) is 5.92 Å². The van der Waals surface area contributed by atoms with E-state index in [1.807, 2.05) is 0 Å². The second-order valence-corrected chi connectivity index (χ2v) is 4.47. The lowest BCUT2D eigenvalue weighted by atomic mass is 10.1. The molecule has 0 aromatic heterocycles. The van der Waals surface area contributed by atoms with Gasteiger partial charge >= 0.3 is 0 Å². The number of aryl methyl sites for hydroxylation is 1. The largest absolute Gasteiger partial charge is 0.382 e. The lowest BCUT2D eigenvalue weighted by Crippen LogP contribution is -2.22. The van der Waals surface area contributed by atoms with Crippen LogP contribution >= 0.6 is 0 Å². The number of hydrogen-bond acceptors (Lipinski definition) is 1. The summed E-state index contributed by atoms with van der Waals surface area (Å²) in [6.45, 7) is 4.52. The van der Waals surface area contributed by atoms with Gasteiger partial charge in [-0.05, 0) is 37.3 Å². The molecule has 1 fully saturated rings. The standard InChI is InChI=1S/C13H19N/c1-10-6-3-4-8-12(10)14-13-9-5-7-11(13)2/h3-4,6,8,11,13-14H,5,7,9H2,1-2H3. The highest BCUT2D eigenvalue weighted by Crippen LogP contribution is 2.28. The lowest BCUT2D eigenvalue weighted by Gasteiger charge is -2.19. The zero-order chi connectivity index (χ0) is 9.97. The van der Waals surface area contributed by atoms with E-state index in [4.69, 9.17) is 0 Å². The SMILES string of the molecule is Cc1ccccc1NC1CCCC1C. The molecule has 0 aliphatic heterocycles. The minimum Gasteiger partial charge on any atom is -0.382 e. The van der Waals surface area contributed by atoms with Gasteiger partial charge in [0.05, 0.1) is 0 Å². The molecule has 0 spiro atoms. The molecule has 1 aromatic rings. The van der Waals surface area contributed by atoms with Gasteiger partial charge in [-0.1, -0.05) is 31.5 Å². The number of hydrogen-bond donors (Lipinski definition) is 1. The second kappa shape index (κ2) is 4.04. The van der Waals surface area contributed by atoms with Gasteiger partial charge in [-0.3, -0.25) is 0 Å². The molecule has 1 N–H and O–H groups in total. The average molecular weight is 189 g/mol. The van der Waals surface area contributed by atoms with Gasteiger partial charge in [0.25, 0.3) is 0 Å². The Morgan fingerprint density at radius 1 is 1.21 bits per heavy atom. The molecule has 1 aliphatic carbocycles. The average Bonchev–Trinajstić information content (AvgIpc) is 2.56. The predicted octanol–water partition coefficient (Wildman–Crippen LogP) is 3.60. The van der Waals surface area contributed by atoms with Crippen molar-refractivity contribution in [3.63, 3.8) is 0 Å². The first kappa shape index (κ1) is 9.57. The summed E-state index contributed by atoms with van der Waals surface area (Å²) in [5, 5.41) is 3.66. The Balaban J connectivity index is 2.07. The van der Waals surface area contributed by atoms with Gasteiger partial charge in [-0.25, -0.2) is 0 Å². The predicted molar refractivity (Wildman–Crippen MR) is 61.6 cm³/mol. The third kappa shape index (κ3) is 1.92. The van der Waals surface area contributed by atoms with Crippen LogP contribution in [0.25, 0.3) is 0 Å². The fraction of sp³-hybridized carbons (Fsp3) is 0.538. The van der Waals surface area contributed by atoms with Crippen LogP contribution in [0.3, 0.4) is 0 Å². The molecule has 2 atom stereocenters. The maximum Gasteiger partial charge on any atom is 0.0372 e. The third-order valence-electron chi connectivity index (χ3n) is 3.35. The van der Waals surface area contributed by atoms with E-state index < -0.39 is 0 Å². The molecule has 0 amide bonds. The van der Waals surface area contributed by atoms with Crippen molar-refractivity contribution in [2.24, 2.45) is 5.92 Å². The summed E-state index contributed by atoms with van der Waals surface area (Å²) in [4.78, 5) is 0. The molecule has 76 valence electrons. The van der Waals surface area contributed by atoms with Crippen LogP contribution < -0.4 is 5.32 Å². The molecule has 1 nitrogen and oxygen atoms in total. The van der Waals surface area contributed by atoms with Crippen LogP contribution in [-0.4, -0.2) is 6.04 Å². The van der Waals surface area contributed by atoms with Gasteiger partial charge in [-0.2, -0.15) is 0 Å². The first-order valence-corrected chi connectivity index (χ1v) is 5.59. The maximum absolute atomic E-state index is 3.66. The van der Waals surface area contributed by atoms with Crippen molar-refractivity contribution in [1.29, 1.82) is 0 Å². The van der Waals surface area contributed by atoms with Crippen LogP contribution in [0.1, 0.15) is 31.7 Å². The summed E-state index contributed by atoms with van der Waals surface area (Å²) in [6.07, 6.45) is 4.09. The van der Waals surface area contributed by atoms with Crippen molar-refractivity contribution in [2.45, 2.75) is 39.2 Å². The zero-order valence-corrected chi connectivity index (χ0v) is 9.09. The van der Waals surface area contributed by atoms with E-state index in [2.05, 4.69) is 43.4 Å². The maximum atomic E-state index is 3.66. The number of benzene rings is 1. The van der Waals surface area contributed by atoms with Gasteiger partial charge in [0.2, 0.25) is 0 Å². The van der Waals surface area contributed by atoms with E-state index >= 15 is 0 Å². The third-order valence-corrected chi connectivity index (χ3v) is 3.35. The molecule has 2 unspecified atom stereocenters. The molecule has 0 radical (unpaired) electrons. The quantitative estimate of drug-likeness (QED) is 0.749. The van der Waals surface area contributed by atoms with Gasteiger partial charge in [0.1, 0.15) is 0 Å². The van der Waals surface area contributed by atoms with Crippen molar-refractivity contribution in [3.05, 3.63) is 29.8 Å². The summed E-state index contributed by atoms with van der Waals surface area (Å²) in [7, 11) is 0. The molecule has 1 aromatic carbocycles. The Bertz CT molecular complexity index is 306. The Labute approximate surface area is 86.5 Å². The highest BCUT2D eigenvalue weighted by atomic mass is 14.9. The molecule has 1 saturated carbocycles. The van der Waals surface area contributed by atoms with Crippen molar-refractivity contribution < 1.29 is 0 Å². The molecule has 0 bridgehead atoms. The van der Waals surface area contributed by atoms with Crippen LogP contribution in [0.5, 0.6) is 0 Å². The summed E-state index contributed by atoms with van der Waals surface area (Å²) in [6, 6.07) is 9.24. The summed E-state index contributed by atoms with van der Waals surface area (Å²) >= 11 is 0. The smallest absolute Gasteiger partial charge is 0.0372 e. The molecular formula is C13H19N. The second-order valence-electron chi connectivity index (χ2n) is 4.47. The summed E-state index contributed by atoms with van der Waals surface area (Å²) in [5.74, 6) is 0.828. The van der Waals surface area contributed by atoms with Crippen molar-refractivity contribution >= 4 is 5.69 Å². The molecule has 0 saturated heterocycles. The molecule has 1 heteroatoms. The summed E-state index contributed by atoms with van der Waals surface area (Å²) in [5.41, 5.74) is 2.66. The Morgan fingerprint density at radius 2 is 2.00 bits per heavy atom. The Kier molecular flexibility index (Phi) is 2.76. The normalized spacial score (nSPS) is 26.4. The number of nitrogens with one attached hydrogen (secondary N) is 1. The summed E-state index contributed by atoms with van der Waals surface area (Å²) < 4.78 is 0. The van der Waals surface area contributed by atoms with E-state index in [9.17, 15) is 0 Å². The number of anilines is 1. The van der Waals surface area contributed by atoms with E-state index in [1.54, 1.807) is 0 Å². The molecule has 14 heavy (non-hydrogen) atoms. The van der Waals surface area contributed by atoms with E-state index in [1.165, 1.54) is 30.5 Å². The molecular weight excluding hydrogens is 170 g/mol. The van der Waals surface area contributed by atoms with Crippen molar-refractivity contribution in [1.82, 2.24) is 0 Å². The Morgan fingerprint density at radius 3 is 2.64 bits per heavy atom. The highest BCUT2D eigenvalue weighted by Gasteiger charge is 2.22. The van der Waals surface area contributed by atoms with Gasteiger partial charge in [0.15, 0.2) is 0 Å². The van der Waals surface area contributed by atoms with Crippen LogP contribution in [0.4, 0.5) is 5.69 Å². The number of para-hydroxylation sites is 1. The molecule has 0 heterocycles. The van der Waals surface area contributed by atoms with E-state index in [-0.39, 0.29) is 0 Å². The Hall–Kier alpha value is -0.980. The monoisotopic (exact) mass is 189 g/mol. The van der Waals surface area contributed by atoms with Crippen LogP contribution in [-0.2, 0) is 0 Å². The molecule has 1 aliphatic rings.